The van der Waals surface area contributed by atoms with Gasteiger partial charge in [0.15, 0.2) is 0 Å². The molecule has 1 fully saturated rings. The van der Waals surface area contributed by atoms with Crippen LogP contribution < -0.4 is 4.90 Å². The third kappa shape index (κ3) is 2.79. The number of rotatable bonds is 3. The summed E-state index contributed by atoms with van der Waals surface area (Å²) in [5.74, 6) is 0.286. The van der Waals surface area contributed by atoms with E-state index in [-0.39, 0.29) is 17.7 Å². The molecule has 5 nitrogen and oxygen atoms in total. The summed E-state index contributed by atoms with van der Waals surface area (Å²) >= 11 is 0. The average Bonchev–Trinajstić information content (AvgIpc) is 2.39. The molecule has 1 aliphatic rings. The number of benzene rings is 1. The van der Waals surface area contributed by atoms with Crippen molar-refractivity contribution in [1.82, 2.24) is 0 Å². The molecule has 0 aromatic heterocycles. The van der Waals surface area contributed by atoms with Crippen LogP contribution in [0.25, 0.3) is 0 Å². The van der Waals surface area contributed by atoms with Gasteiger partial charge in [0.05, 0.1) is 11.0 Å². The summed E-state index contributed by atoms with van der Waals surface area (Å²) in [6, 6.07) is 6.62. The van der Waals surface area contributed by atoms with Crippen LogP contribution in [0.4, 0.5) is 11.4 Å². The van der Waals surface area contributed by atoms with Gasteiger partial charge in [-0.05, 0) is 31.9 Å². The molecule has 0 bridgehead atoms. The van der Waals surface area contributed by atoms with Crippen molar-refractivity contribution in [3.05, 3.63) is 34.4 Å². The molecule has 1 aromatic carbocycles. The van der Waals surface area contributed by atoms with Crippen molar-refractivity contribution in [2.24, 2.45) is 5.92 Å². The van der Waals surface area contributed by atoms with Gasteiger partial charge in [-0.15, -0.1) is 0 Å². The second kappa shape index (κ2) is 5.35. The standard InChI is InChI=1S/C13H18N2O3/c1-10(16)11-3-2-8-14(9-11)12-4-6-13(7-5-12)15(17)18/h4-7,10-11,16H,2-3,8-9H2,1H3. The lowest BCUT2D eigenvalue weighted by atomic mass is 9.93. The first-order valence-corrected chi connectivity index (χ1v) is 6.25. The Balaban J connectivity index is 2.09. The van der Waals surface area contributed by atoms with Crippen molar-refractivity contribution in [2.45, 2.75) is 25.9 Å². The molecular formula is C13H18N2O3. The van der Waals surface area contributed by atoms with Crippen molar-refractivity contribution in [3.63, 3.8) is 0 Å². The fraction of sp³-hybridized carbons (Fsp3) is 0.538. The van der Waals surface area contributed by atoms with E-state index in [1.54, 1.807) is 12.1 Å². The van der Waals surface area contributed by atoms with E-state index >= 15 is 0 Å². The zero-order chi connectivity index (χ0) is 13.1. The van der Waals surface area contributed by atoms with Crippen LogP contribution in [0.5, 0.6) is 0 Å². The van der Waals surface area contributed by atoms with Crippen molar-refractivity contribution in [3.8, 4) is 0 Å². The minimum Gasteiger partial charge on any atom is -0.393 e. The fourth-order valence-corrected chi connectivity index (χ4v) is 2.42. The molecule has 1 aromatic rings. The number of piperidine rings is 1. The van der Waals surface area contributed by atoms with Crippen LogP contribution in [-0.2, 0) is 0 Å². The molecule has 0 spiro atoms. The average molecular weight is 250 g/mol. The van der Waals surface area contributed by atoms with E-state index in [0.29, 0.717) is 0 Å². The van der Waals surface area contributed by atoms with Crippen LogP contribution >= 0.6 is 0 Å². The Kier molecular flexibility index (Phi) is 3.81. The Bertz CT molecular complexity index is 417. The van der Waals surface area contributed by atoms with Gasteiger partial charge in [-0.1, -0.05) is 0 Å². The van der Waals surface area contributed by atoms with Gasteiger partial charge in [0.2, 0.25) is 0 Å². The van der Waals surface area contributed by atoms with Crippen LogP contribution in [0.15, 0.2) is 24.3 Å². The molecule has 1 N–H and O–H groups in total. The lowest BCUT2D eigenvalue weighted by Crippen LogP contribution is -2.39. The van der Waals surface area contributed by atoms with Crippen molar-refractivity contribution < 1.29 is 10.0 Å². The first-order chi connectivity index (χ1) is 8.58. The highest BCUT2D eigenvalue weighted by Gasteiger charge is 2.23. The Morgan fingerprint density at radius 1 is 1.44 bits per heavy atom. The minimum absolute atomic E-state index is 0.114. The van der Waals surface area contributed by atoms with E-state index < -0.39 is 4.92 Å². The van der Waals surface area contributed by atoms with E-state index in [2.05, 4.69) is 4.90 Å². The maximum atomic E-state index is 10.6. The highest BCUT2D eigenvalue weighted by molar-refractivity contribution is 5.51. The monoisotopic (exact) mass is 250 g/mol. The SMILES string of the molecule is CC(O)C1CCCN(c2ccc([N+](=O)[O-])cc2)C1. The zero-order valence-corrected chi connectivity index (χ0v) is 10.5. The molecular weight excluding hydrogens is 232 g/mol. The summed E-state index contributed by atoms with van der Waals surface area (Å²) in [5, 5.41) is 20.2. The Labute approximate surface area is 106 Å². The molecule has 98 valence electrons. The second-order valence-corrected chi connectivity index (χ2v) is 4.86. The van der Waals surface area contributed by atoms with Gasteiger partial charge in [-0.25, -0.2) is 0 Å². The maximum absolute atomic E-state index is 10.6. The third-order valence-electron chi connectivity index (χ3n) is 3.57. The molecule has 0 saturated carbocycles. The van der Waals surface area contributed by atoms with E-state index in [4.69, 9.17) is 0 Å². The quantitative estimate of drug-likeness (QED) is 0.659. The van der Waals surface area contributed by atoms with Crippen LogP contribution in [-0.4, -0.2) is 29.2 Å². The molecule has 1 saturated heterocycles. The summed E-state index contributed by atoms with van der Waals surface area (Å²) in [7, 11) is 0. The van der Waals surface area contributed by atoms with Gasteiger partial charge in [-0.3, -0.25) is 10.1 Å². The fourth-order valence-electron chi connectivity index (χ4n) is 2.42. The number of nitro groups is 1. The molecule has 1 heterocycles. The minimum atomic E-state index is -0.390. The lowest BCUT2D eigenvalue weighted by Gasteiger charge is -2.35. The van der Waals surface area contributed by atoms with Gasteiger partial charge in [-0.2, -0.15) is 0 Å². The van der Waals surface area contributed by atoms with Crippen LogP contribution in [0.1, 0.15) is 19.8 Å². The summed E-state index contributed by atoms with van der Waals surface area (Å²) in [4.78, 5) is 12.4. The number of aliphatic hydroxyl groups excluding tert-OH is 1. The maximum Gasteiger partial charge on any atom is 0.269 e. The van der Waals surface area contributed by atoms with E-state index in [9.17, 15) is 15.2 Å². The first-order valence-electron chi connectivity index (χ1n) is 6.25. The van der Waals surface area contributed by atoms with Gasteiger partial charge in [0.25, 0.3) is 5.69 Å². The highest BCUT2D eigenvalue weighted by Crippen LogP contribution is 2.26. The number of anilines is 1. The molecule has 2 atom stereocenters. The molecule has 0 radical (unpaired) electrons. The molecule has 0 aliphatic carbocycles. The predicted octanol–water partition coefficient (Wildman–Crippen LogP) is 2.19. The largest absolute Gasteiger partial charge is 0.393 e. The lowest BCUT2D eigenvalue weighted by molar-refractivity contribution is -0.384. The number of nitro benzene ring substituents is 1. The van der Waals surface area contributed by atoms with Crippen LogP contribution in [0.3, 0.4) is 0 Å². The van der Waals surface area contributed by atoms with Gasteiger partial charge >= 0.3 is 0 Å². The normalized spacial score (nSPS) is 21.7. The number of hydrogen-bond acceptors (Lipinski definition) is 4. The predicted molar refractivity (Wildman–Crippen MR) is 69.7 cm³/mol. The summed E-state index contributed by atoms with van der Waals surface area (Å²) in [5.41, 5.74) is 1.11. The van der Waals surface area contributed by atoms with E-state index in [1.165, 1.54) is 12.1 Å². The summed E-state index contributed by atoms with van der Waals surface area (Å²) in [6.45, 7) is 3.58. The number of aliphatic hydroxyl groups is 1. The molecule has 5 heteroatoms. The van der Waals surface area contributed by atoms with Gasteiger partial charge in [0.1, 0.15) is 0 Å². The van der Waals surface area contributed by atoms with Crippen LogP contribution in [0, 0.1) is 16.0 Å². The molecule has 2 unspecified atom stereocenters. The van der Waals surface area contributed by atoms with Crippen molar-refractivity contribution >= 4 is 11.4 Å². The highest BCUT2D eigenvalue weighted by atomic mass is 16.6. The Hall–Kier alpha value is -1.62. The first kappa shape index (κ1) is 12.8. The summed E-state index contributed by atoms with van der Waals surface area (Å²) < 4.78 is 0. The number of non-ortho nitro benzene ring substituents is 1. The van der Waals surface area contributed by atoms with Gasteiger partial charge in [0, 0.05) is 36.8 Å². The smallest absolute Gasteiger partial charge is 0.269 e. The van der Waals surface area contributed by atoms with Crippen molar-refractivity contribution in [1.29, 1.82) is 0 Å². The molecule has 0 amide bonds. The van der Waals surface area contributed by atoms with E-state index in [0.717, 1.165) is 31.6 Å². The molecule has 18 heavy (non-hydrogen) atoms. The number of nitrogens with zero attached hydrogens (tertiary/aromatic N) is 2. The molecule has 2 rings (SSSR count). The van der Waals surface area contributed by atoms with E-state index in [1.807, 2.05) is 6.92 Å². The topological polar surface area (TPSA) is 66.6 Å². The number of hydrogen-bond donors (Lipinski definition) is 1. The Morgan fingerprint density at radius 3 is 2.67 bits per heavy atom. The Morgan fingerprint density at radius 2 is 2.11 bits per heavy atom. The second-order valence-electron chi connectivity index (χ2n) is 4.86. The van der Waals surface area contributed by atoms with Crippen LogP contribution in [0.2, 0.25) is 0 Å². The molecule has 1 aliphatic heterocycles. The zero-order valence-electron chi connectivity index (χ0n) is 10.5. The third-order valence-corrected chi connectivity index (χ3v) is 3.57. The van der Waals surface area contributed by atoms with Crippen molar-refractivity contribution in [2.75, 3.05) is 18.0 Å². The van der Waals surface area contributed by atoms with Gasteiger partial charge < -0.3 is 10.0 Å². The summed E-state index contributed by atoms with van der Waals surface area (Å²) in [6.07, 6.45) is 1.79.